The molecule has 0 aliphatic heterocycles. The first-order chi connectivity index (χ1) is 21.0. The van der Waals surface area contributed by atoms with E-state index in [1.165, 1.54) is 0 Å². The molecule has 0 unspecified atom stereocenters. The summed E-state index contributed by atoms with van der Waals surface area (Å²) in [7, 11) is 0. The summed E-state index contributed by atoms with van der Waals surface area (Å²) in [4.78, 5) is 0.983. The summed E-state index contributed by atoms with van der Waals surface area (Å²) >= 11 is 1.40. The van der Waals surface area contributed by atoms with Gasteiger partial charge < -0.3 is 20.9 Å². The van der Waals surface area contributed by atoms with Crippen molar-refractivity contribution in [3.8, 4) is 5.75 Å². The Morgan fingerprint density at radius 2 is 1.38 bits per heavy atom. The van der Waals surface area contributed by atoms with Crippen molar-refractivity contribution in [3.63, 3.8) is 0 Å². The molecule has 5 aromatic carbocycles. The average molecular weight is 662 g/mol. The van der Waals surface area contributed by atoms with E-state index >= 15 is 0 Å². The van der Waals surface area contributed by atoms with Crippen molar-refractivity contribution in [2.24, 2.45) is 20.5 Å². The minimum atomic E-state index is -0.136. The predicted octanol–water partition coefficient (Wildman–Crippen LogP) is 1.90. The van der Waals surface area contributed by atoms with Crippen molar-refractivity contribution in [2.75, 3.05) is 5.32 Å². The van der Waals surface area contributed by atoms with Crippen LogP contribution in [-0.4, -0.2) is 5.11 Å². The Morgan fingerprint density at radius 1 is 0.689 bits per heavy atom. The Hall–Kier alpha value is -2.38. The summed E-state index contributed by atoms with van der Waals surface area (Å²) in [5, 5.41) is 60.1. The number of aromatic hydroxyl groups is 1. The fourth-order valence-corrected chi connectivity index (χ4v) is 4.83. The third kappa shape index (κ3) is 10.3. The van der Waals surface area contributed by atoms with Crippen molar-refractivity contribution in [1.82, 2.24) is 0 Å². The van der Waals surface area contributed by atoms with Gasteiger partial charge in [-0.2, -0.15) is 24.0 Å². The molecule has 218 valence electrons. The number of hydrogen-bond acceptors (Lipinski definition) is 14. The van der Waals surface area contributed by atoms with Crippen molar-refractivity contribution >= 4 is 69.0 Å². The van der Waals surface area contributed by atoms with Crippen LogP contribution >= 0.6 is 24.1 Å². The van der Waals surface area contributed by atoms with Gasteiger partial charge in [0.15, 0.2) is 5.75 Å². The summed E-state index contributed by atoms with van der Waals surface area (Å²) < 4.78 is 8.83. The molecule has 0 fully saturated rings. The first-order valence-electron chi connectivity index (χ1n) is 12.5. The van der Waals surface area contributed by atoms with E-state index in [1.54, 1.807) is 54.6 Å². The number of hydrogen-bond donors (Lipinski definition) is 2. The quantitative estimate of drug-likeness (QED) is 0.0664. The molecule has 45 heavy (non-hydrogen) atoms. The molecule has 0 bridgehead atoms. The Morgan fingerprint density at radius 3 is 2.09 bits per heavy atom. The maximum Gasteiger partial charge on any atom is 1.00 e. The van der Waals surface area contributed by atoms with Gasteiger partial charge in [-0.05, 0) is 96.7 Å². The summed E-state index contributed by atoms with van der Waals surface area (Å²) in [6.07, 6.45) is 0. The van der Waals surface area contributed by atoms with E-state index in [1.807, 2.05) is 49.4 Å². The van der Waals surface area contributed by atoms with E-state index in [4.69, 9.17) is 0 Å². The van der Waals surface area contributed by atoms with Crippen LogP contribution in [0.1, 0.15) is 5.56 Å². The van der Waals surface area contributed by atoms with Crippen LogP contribution in [0.2, 0.25) is 0 Å². The molecule has 12 nitrogen and oxygen atoms in total. The number of rotatable bonds is 12. The molecule has 5 rings (SSSR count). The molecular formula is C29H21N5Na2O7S2. The number of phenols is 1. The predicted molar refractivity (Wildman–Crippen MR) is 157 cm³/mol. The molecule has 0 saturated carbocycles. The number of nitrogens with one attached hydrogen (secondary N) is 1. The summed E-state index contributed by atoms with van der Waals surface area (Å²) in [5.41, 5.74) is 4.31. The maximum absolute atomic E-state index is 11.1. The number of azo groups is 2. The molecule has 0 saturated heterocycles. The Bertz CT molecular complexity index is 1770. The van der Waals surface area contributed by atoms with Gasteiger partial charge in [-0.3, -0.25) is 10.1 Å². The van der Waals surface area contributed by atoms with Gasteiger partial charge in [0.1, 0.15) is 5.69 Å². The third-order valence-corrected chi connectivity index (χ3v) is 7.18. The maximum atomic E-state index is 11.1. The summed E-state index contributed by atoms with van der Waals surface area (Å²) in [6.45, 7) is 1.85. The molecule has 16 heteroatoms. The molecule has 0 radical (unpaired) electrons. The second-order valence-electron chi connectivity index (χ2n) is 8.80. The SMILES string of the molecule is Cc1cc(N=Nc2c(SOO[O-])cc3cc(Nc4ccccc4)ccc3c2O)ccc1N=Nc1ccc(SOO[O-])cc1.[Na+].[Na+]. The molecule has 0 heterocycles. The van der Waals surface area contributed by atoms with Crippen molar-refractivity contribution < 1.29 is 93.5 Å². The number of anilines is 2. The van der Waals surface area contributed by atoms with Gasteiger partial charge in [0.05, 0.1) is 46.0 Å². The fourth-order valence-electron chi connectivity index (χ4n) is 3.98. The molecule has 0 spiro atoms. The van der Waals surface area contributed by atoms with E-state index in [0.29, 0.717) is 49.7 Å². The van der Waals surface area contributed by atoms with Crippen LogP contribution in [-0.2, 0) is 18.7 Å². The number of benzene rings is 5. The molecule has 5 aromatic rings. The number of aryl methyl sites for hydroxylation is 1. The van der Waals surface area contributed by atoms with Crippen LogP contribution in [0.25, 0.3) is 10.8 Å². The fraction of sp³-hybridized carbons (Fsp3) is 0.0345. The van der Waals surface area contributed by atoms with Crippen LogP contribution in [0.4, 0.5) is 34.1 Å². The van der Waals surface area contributed by atoms with E-state index in [9.17, 15) is 15.6 Å². The number of para-hydroxylation sites is 1. The number of phenolic OH excluding ortho intramolecular Hbond substituents is 1. The minimum Gasteiger partial charge on any atom is -0.691 e. The Balaban J connectivity index is 0.00000276. The first kappa shape index (κ1) is 37.1. The average Bonchev–Trinajstić information content (AvgIpc) is 3.03. The van der Waals surface area contributed by atoms with Gasteiger partial charge in [-0.25, -0.2) is 0 Å². The van der Waals surface area contributed by atoms with Gasteiger partial charge in [0, 0.05) is 21.7 Å². The molecule has 0 atom stereocenters. The van der Waals surface area contributed by atoms with E-state index in [-0.39, 0.29) is 70.6 Å². The van der Waals surface area contributed by atoms with Gasteiger partial charge in [0.25, 0.3) is 0 Å². The molecule has 2 N–H and O–H groups in total. The second kappa shape index (κ2) is 18.7. The van der Waals surface area contributed by atoms with E-state index in [0.717, 1.165) is 29.0 Å². The van der Waals surface area contributed by atoms with Crippen LogP contribution in [0.15, 0.2) is 127 Å². The van der Waals surface area contributed by atoms with Gasteiger partial charge >= 0.3 is 59.1 Å². The van der Waals surface area contributed by atoms with Crippen LogP contribution < -0.4 is 74.9 Å². The molecular weight excluding hydrogens is 640 g/mol. The summed E-state index contributed by atoms with van der Waals surface area (Å²) in [5.74, 6) is -0.136. The van der Waals surface area contributed by atoms with Gasteiger partial charge in [0.2, 0.25) is 0 Å². The zero-order valence-electron chi connectivity index (χ0n) is 24.2. The number of nitrogens with zero attached hydrogens (tertiary/aromatic N) is 4. The molecule has 0 aliphatic carbocycles. The molecule has 0 aliphatic rings. The molecule has 0 amide bonds. The minimum absolute atomic E-state index is 0. The van der Waals surface area contributed by atoms with Gasteiger partial charge in [-0.15, -0.1) is 5.11 Å². The third-order valence-electron chi connectivity index (χ3n) is 5.98. The zero-order valence-corrected chi connectivity index (χ0v) is 29.9. The molecule has 0 aromatic heterocycles. The Labute approximate surface area is 310 Å². The largest absolute Gasteiger partial charge is 1.00 e. The van der Waals surface area contributed by atoms with Gasteiger partial charge in [-0.1, -0.05) is 18.2 Å². The van der Waals surface area contributed by atoms with E-state index < -0.39 is 0 Å². The van der Waals surface area contributed by atoms with Crippen LogP contribution in [0.3, 0.4) is 0 Å². The zero-order chi connectivity index (χ0) is 30.0. The smallest absolute Gasteiger partial charge is 0.691 e. The first-order valence-corrected chi connectivity index (χ1v) is 13.9. The normalized spacial score (nSPS) is 11.1. The standard InChI is InChI=1S/C29H23N5O7S2.2Na/c1-18-15-23(10-14-26(18)33-31-21-7-11-24(12-8-21)42-40-38-36)32-34-28-27(43-41-39-37)17-19-16-22(9-13-25(19)29(28)35)30-20-5-3-2-4-6-20;;/h2-17,30,35-37H,1H3;;/q;2*+1/p-2. The topological polar surface area (TPSA) is 165 Å². The van der Waals surface area contributed by atoms with Crippen LogP contribution in [0.5, 0.6) is 5.75 Å². The van der Waals surface area contributed by atoms with Crippen molar-refractivity contribution in [1.29, 1.82) is 0 Å². The van der Waals surface area contributed by atoms with Crippen molar-refractivity contribution in [3.05, 3.63) is 103 Å². The summed E-state index contributed by atoms with van der Waals surface area (Å²) in [6, 6.07) is 28.9. The second-order valence-corrected chi connectivity index (χ2v) is 10.3. The van der Waals surface area contributed by atoms with Crippen molar-refractivity contribution in [2.45, 2.75) is 16.7 Å². The monoisotopic (exact) mass is 661 g/mol. The Kier molecular flexibility index (Phi) is 15.4. The number of fused-ring (bicyclic) bond motifs is 1. The van der Waals surface area contributed by atoms with E-state index in [2.05, 4.69) is 44.5 Å². The van der Waals surface area contributed by atoms with Crippen LogP contribution in [0, 0.1) is 6.92 Å².